The molecule has 172 valence electrons. The second-order valence-corrected chi connectivity index (χ2v) is 7.85. The zero-order valence-electron chi connectivity index (χ0n) is 17.3. The van der Waals surface area contributed by atoms with Crippen molar-refractivity contribution in [3.8, 4) is 5.69 Å². The summed E-state index contributed by atoms with van der Waals surface area (Å²) in [5.74, 6) is -2.30. The van der Waals surface area contributed by atoms with Crippen molar-refractivity contribution < 1.29 is 18.0 Å². The first kappa shape index (κ1) is 22.8. The highest BCUT2D eigenvalue weighted by atomic mass is 35.5. The molecule has 0 bridgehead atoms. The molecule has 11 heteroatoms. The number of aromatic nitrogens is 2. The highest BCUT2D eigenvalue weighted by Crippen LogP contribution is 2.23. The second kappa shape index (κ2) is 9.63. The number of hydrogen-bond acceptors (Lipinski definition) is 5. The number of benzene rings is 2. The first-order valence-corrected chi connectivity index (χ1v) is 10.5. The molecule has 0 aliphatic carbocycles. The van der Waals surface area contributed by atoms with Crippen LogP contribution in [-0.4, -0.2) is 53.3 Å². The van der Waals surface area contributed by atoms with Gasteiger partial charge in [0.15, 0.2) is 5.82 Å². The van der Waals surface area contributed by atoms with E-state index in [1.165, 1.54) is 30.5 Å². The number of hydrogen-bond donors (Lipinski definition) is 1. The minimum atomic E-state index is -0.930. The van der Waals surface area contributed by atoms with Crippen LogP contribution in [0.25, 0.3) is 5.69 Å². The lowest BCUT2D eigenvalue weighted by molar-refractivity contribution is -0.117. The maximum absolute atomic E-state index is 14.1. The van der Waals surface area contributed by atoms with E-state index in [0.717, 1.165) is 16.8 Å². The van der Waals surface area contributed by atoms with Gasteiger partial charge in [-0.15, -0.1) is 0 Å². The van der Waals surface area contributed by atoms with Crippen LogP contribution in [0.4, 0.5) is 24.5 Å². The van der Waals surface area contributed by atoms with E-state index in [9.17, 15) is 22.8 Å². The Balaban J connectivity index is 1.39. The first-order chi connectivity index (χ1) is 15.8. The number of amides is 1. The van der Waals surface area contributed by atoms with Crippen molar-refractivity contribution in [3.05, 3.63) is 81.5 Å². The van der Waals surface area contributed by atoms with E-state index in [0.29, 0.717) is 43.6 Å². The highest BCUT2D eigenvalue weighted by molar-refractivity contribution is 6.33. The predicted molar refractivity (Wildman–Crippen MR) is 118 cm³/mol. The molecular weight excluding hydrogens is 459 g/mol. The van der Waals surface area contributed by atoms with E-state index in [2.05, 4.69) is 10.4 Å². The maximum Gasteiger partial charge on any atom is 0.292 e. The summed E-state index contributed by atoms with van der Waals surface area (Å²) in [5, 5.41) is 6.59. The van der Waals surface area contributed by atoms with E-state index >= 15 is 0 Å². The lowest BCUT2D eigenvalue weighted by Crippen LogP contribution is -2.49. The van der Waals surface area contributed by atoms with Crippen molar-refractivity contribution in [1.29, 1.82) is 0 Å². The van der Waals surface area contributed by atoms with Gasteiger partial charge in [0.25, 0.3) is 5.56 Å². The summed E-state index contributed by atoms with van der Waals surface area (Å²) in [5.41, 5.74) is -0.0143. The third-order valence-corrected chi connectivity index (χ3v) is 5.60. The molecule has 33 heavy (non-hydrogen) atoms. The second-order valence-electron chi connectivity index (χ2n) is 7.47. The number of nitrogens with one attached hydrogen (secondary N) is 1. The Morgan fingerprint density at radius 2 is 1.64 bits per heavy atom. The van der Waals surface area contributed by atoms with Gasteiger partial charge in [-0.3, -0.25) is 14.5 Å². The largest absolute Gasteiger partial charge is 0.366 e. The minimum Gasteiger partial charge on any atom is -0.366 e. The van der Waals surface area contributed by atoms with Gasteiger partial charge in [-0.2, -0.15) is 9.78 Å². The third kappa shape index (κ3) is 5.18. The Kier molecular flexibility index (Phi) is 6.66. The van der Waals surface area contributed by atoms with E-state index in [1.54, 1.807) is 0 Å². The average Bonchev–Trinajstić information content (AvgIpc) is 2.78. The molecule has 1 aliphatic rings. The van der Waals surface area contributed by atoms with Gasteiger partial charge in [-0.05, 0) is 36.4 Å². The molecule has 1 aromatic heterocycles. The Bertz CT molecular complexity index is 1230. The molecule has 1 saturated heterocycles. The molecule has 0 spiro atoms. The van der Waals surface area contributed by atoms with Gasteiger partial charge in [0.2, 0.25) is 5.91 Å². The molecule has 2 heterocycles. The van der Waals surface area contributed by atoms with Crippen LogP contribution in [0.15, 0.2) is 53.5 Å². The van der Waals surface area contributed by atoms with Gasteiger partial charge in [-0.25, -0.2) is 13.2 Å². The number of carbonyl (C=O) groups excluding carboxylic acids is 1. The van der Waals surface area contributed by atoms with Gasteiger partial charge < -0.3 is 10.2 Å². The van der Waals surface area contributed by atoms with Crippen LogP contribution in [0.3, 0.4) is 0 Å². The molecule has 1 aliphatic heterocycles. The van der Waals surface area contributed by atoms with Crippen LogP contribution in [0.5, 0.6) is 0 Å². The van der Waals surface area contributed by atoms with Crippen LogP contribution in [0.1, 0.15) is 0 Å². The minimum absolute atomic E-state index is 0.128. The SMILES string of the molecule is O=C(CN1CCN(c2cnn(-c3ccc(F)cc3F)c(=O)c2Cl)CC1)Nc1ccc(F)cc1. The molecule has 0 saturated carbocycles. The van der Waals surface area contributed by atoms with Gasteiger partial charge in [0, 0.05) is 37.9 Å². The summed E-state index contributed by atoms with van der Waals surface area (Å²) in [6, 6.07) is 8.32. The van der Waals surface area contributed by atoms with Gasteiger partial charge in [-0.1, -0.05) is 11.6 Å². The fraction of sp³-hybridized carbons (Fsp3) is 0.227. The van der Waals surface area contributed by atoms with Crippen molar-refractivity contribution in [2.75, 3.05) is 42.9 Å². The molecule has 4 rings (SSSR count). The van der Waals surface area contributed by atoms with Crippen molar-refractivity contribution in [3.63, 3.8) is 0 Å². The van der Waals surface area contributed by atoms with Gasteiger partial charge >= 0.3 is 0 Å². The van der Waals surface area contributed by atoms with E-state index in [4.69, 9.17) is 11.6 Å². The number of nitrogens with zero attached hydrogens (tertiary/aromatic N) is 4. The Hall–Kier alpha value is -3.37. The van der Waals surface area contributed by atoms with Crippen molar-refractivity contribution >= 4 is 28.9 Å². The van der Waals surface area contributed by atoms with Crippen molar-refractivity contribution in [1.82, 2.24) is 14.7 Å². The summed E-state index contributed by atoms with van der Waals surface area (Å²) in [4.78, 5) is 28.7. The zero-order chi connectivity index (χ0) is 23.5. The van der Waals surface area contributed by atoms with E-state index in [-0.39, 0.29) is 29.0 Å². The van der Waals surface area contributed by atoms with Gasteiger partial charge in [0.05, 0.1) is 18.4 Å². The normalized spacial score (nSPS) is 14.4. The van der Waals surface area contributed by atoms with Crippen molar-refractivity contribution in [2.24, 2.45) is 0 Å². The van der Waals surface area contributed by atoms with E-state index in [1.807, 2.05) is 9.80 Å². The molecule has 3 aromatic rings. The smallest absolute Gasteiger partial charge is 0.292 e. The first-order valence-electron chi connectivity index (χ1n) is 10.1. The molecule has 0 unspecified atom stereocenters. The predicted octanol–water partition coefficient (Wildman–Crippen LogP) is 3.06. The van der Waals surface area contributed by atoms with Crippen LogP contribution < -0.4 is 15.8 Å². The van der Waals surface area contributed by atoms with Crippen LogP contribution in [0.2, 0.25) is 5.02 Å². The lowest BCUT2D eigenvalue weighted by Gasteiger charge is -2.35. The average molecular weight is 478 g/mol. The summed E-state index contributed by atoms with van der Waals surface area (Å²) in [7, 11) is 0. The fourth-order valence-electron chi connectivity index (χ4n) is 3.55. The van der Waals surface area contributed by atoms with E-state index < -0.39 is 17.2 Å². The summed E-state index contributed by atoms with van der Waals surface area (Å²) >= 11 is 6.27. The number of piperazine rings is 1. The molecule has 2 aromatic carbocycles. The molecule has 0 radical (unpaired) electrons. The highest BCUT2D eigenvalue weighted by Gasteiger charge is 2.23. The lowest BCUT2D eigenvalue weighted by atomic mass is 10.2. The molecular formula is C22H19ClF3N5O2. The summed E-state index contributed by atoms with van der Waals surface area (Å²) in [6.07, 6.45) is 1.36. The monoisotopic (exact) mass is 477 g/mol. The van der Waals surface area contributed by atoms with Gasteiger partial charge in [0.1, 0.15) is 22.3 Å². The molecule has 1 fully saturated rings. The Labute approximate surface area is 192 Å². The third-order valence-electron chi connectivity index (χ3n) is 5.25. The summed E-state index contributed by atoms with van der Waals surface area (Å²) < 4.78 is 41.0. The Morgan fingerprint density at radius 1 is 0.970 bits per heavy atom. The van der Waals surface area contributed by atoms with Crippen LogP contribution >= 0.6 is 11.6 Å². The number of carbonyl (C=O) groups is 1. The molecule has 7 nitrogen and oxygen atoms in total. The maximum atomic E-state index is 14.1. The standard InChI is InChI=1S/C22H19ClF3N5O2/c23-21-19(12-27-31(22(21)33)18-6-3-15(25)11-17(18)26)30-9-7-29(8-10-30)13-20(32)28-16-4-1-14(24)2-5-16/h1-6,11-12H,7-10,13H2,(H,28,32). The zero-order valence-corrected chi connectivity index (χ0v) is 18.0. The molecule has 1 N–H and O–H groups in total. The number of rotatable bonds is 5. The summed E-state index contributed by atoms with van der Waals surface area (Å²) in [6.45, 7) is 2.19. The molecule has 1 amide bonds. The number of anilines is 2. The molecule has 0 atom stereocenters. The van der Waals surface area contributed by atoms with Crippen molar-refractivity contribution in [2.45, 2.75) is 0 Å². The topological polar surface area (TPSA) is 70.5 Å². The van der Waals surface area contributed by atoms with Crippen LogP contribution in [-0.2, 0) is 4.79 Å². The number of halogens is 4. The van der Waals surface area contributed by atoms with Crippen LogP contribution in [0, 0.1) is 17.5 Å². The quantitative estimate of drug-likeness (QED) is 0.611. The Morgan fingerprint density at radius 3 is 2.30 bits per heavy atom. The fourth-order valence-corrected chi connectivity index (χ4v) is 3.80.